The predicted molar refractivity (Wildman–Crippen MR) is 49.2 cm³/mol. The van der Waals surface area contributed by atoms with Gasteiger partial charge in [0.1, 0.15) is 5.69 Å². The summed E-state index contributed by atoms with van der Waals surface area (Å²) in [6.07, 6.45) is 0.203. The van der Waals surface area contributed by atoms with Gasteiger partial charge in [-0.2, -0.15) is 0 Å². The van der Waals surface area contributed by atoms with Crippen molar-refractivity contribution in [2.45, 2.75) is 6.42 Å². The highest BCUT2D eigenvalue weighted by Gasteiger charge is 2.21. The number of anilines is 1. The van der Waals surface area contributed by atoms with Crippen molar-refractivity contribution in [2.75, 3.05) is 5.32 Å². The zero-order valence-corrected chi connectivity index (χ0v) is 7.70. The third-order valence-corrected chi connectivity index (χ3v) is 2.36. The average Bonchev–Trinajstić information content (AvgIpc) is 2.42. The first kappa shape index (κ1) is 8.18. The number of carbonyl (C=O) groups excluding carboxylic acids is 1. The molecule has 6 heteroatoms. The van der Waals surface area contributed by atoms with Crippen LogP contribution >= 0.6 is 12.2 Å². The van der Waals surface area contributed by atoms with Gasteiger partial charge in [-0.15, -0.1) is 0 Å². The van der Waals surface area contributed by atoms with Crippen LogP contribution < -0.4 is 10.9 Å². The van der Waals surface area contributed by atoms with Crippen LogP contribution in [0.1, 0.15) is 5.69 Å². The molecular formula is C7H7N3O2S. The van der Waals surface area contributed by atoms with Crippen LogP contribution in [0.3, 0.4) is 0 Å². The van der Waals surface area contributed by atoms with E-state index in [1.807, 2.05) is 0 Å². The van der Waals surface area contributed by atoms with Gasteiger partial charge in [0.15, 0.2) is 4.77 Å². The Balaban J connectivity index is 2.81. The normalized spacial score (nSPS) is 14.1. The highest BCUT2D eigenvalue weighted by Crippen LogP contribution is 2.14. The molecule has 5 nitrogen and oxygen atoms in total. The Labute approximate surface area is 78.4 Å². The number of nitrogens with one attached hydrogen (secondary N) is 2. The van der Waals surface area contributed by atoms with Gasteiger partial charge in [0.25, 0.3) is 5.56 Å². The Kier molecular flexibility index (Phi) is 1.59. The first-order valence-corrected chi connectivity index (χ1v) is 4.12. The summed E-state index contributed by atoms with van der Waals surface area (Å²) < 4.78 is 1.63. The van der Waals surface area contributed by atoms with Gasteiger partial charge in [-0.3, -0.25) is 14.2 Å². The molecule has 1 aromatic rings. The van der Waals surface area contributed by atoms with Crippen LogP contribution in [-0.2, 0) is 18.3 Å². The fourth-order valence-corrected chi connectivity index (χ4v) is 1.48. The van der Waals surface area contributed by atoms with Crippen LogP contribution in [0, 0.1) is 4.77 Å². The van der Waals surface area contributed by atoms with Crippen molar-refractivity contribution in [3.05, 3.63) is 20.8 Å². The van der Waals surface area contributed by atoms with Crippen LogP contribution in [0.5, 0.6) is 0 Å². The van der Waals surface area contributed by atoms with Crippen LogP contribution in [0.25, 0.3) is 0 Å². The standard InChI is InChI=1S/C7H7N3O2S/c1-10-6(12)5-3(8-7(10)13)2-4(11)9-5/h2H2,1H3,(H,8,13)(H,9,11). The third-order valence-electron chi connectivity index (χ3n) is 1.98. The molecule has 0 atom stereocenters. The quantitative estimate of drug-likeness (QED) is 0.572. The Bertz CT molecular complexity index is 499. The van der Waals surface area contributed by atoms with E-state index in [-0.39, 0.29) is 17.9 Å². The molecule has 2 N–H and O–H groups in total. The molecule has 1 aliphatic heterocycles. The number of H-pyrrole nitrogens is 1. The summed E-state index contributed by atoms with van der Waals surface area (Å²) in [7, 11) is 1.56. The van der Waals surface area contributed by atoms with Crippen LogP contribution in [-0.4, -0.2) is 15.5 Å². The van der Waals surface area contributed by atoms with Crippen molar-refractivity contribution in [1.82, 2.24) is 9.55 Å². The molecule has 2 rings (SSSR count). The Morgan fingerprint density at radius 1 is 1.46 bits per heavy atom. The SMILES string of the molecule is Cn1c(=S)[nH]c2c(c1=O)NC(=O)C2. The van der Waals surface area contributed by atoms with Crippen molar-refractivity contribution in [3.8, 4) is 0 Å². The first-order valence-electron chi connectivity index (χ1n) is 3.71. The van der Waals surface area contributed by atoms with Crippen molar-refractivity contribution in [2.24, 2.45) is 7.05 Å². The highest BCUT2D eigenvalue weighted by atomic mass is 32.1. The third kappa shape index (κ3) is 1.10. The van der Waals surface area contributed by atoms with E-state index in [2.05, 4.69) is 10.3 Å². The van der Waals surface area contributed by atoms with Crippen molar-refractivity contribution in [1.29, 1.82) is 0 Å². The molecule has 0 unspecified atom stereocenters. The molecule has 0 spiro atoms. The Hall–Kier alpha value is -1.43. The lowest BCUT2D eigenvalue weighted by atomic mass is 10.3. The number of hydrogen-bond donors (Lipinski definition) is 2. The molecule has 0 bridgehead atoms. The minimum absolute atomic E-state index is 0.177. The number of hydrogen-bond acceptors (Lipinski definition) is 3. The number of carbonyl (C=O) groups is 1. The second-order valence-electron chi connectivity index (χ2n) is 2.87. The van der Waals surface area contributed by atoms with E-state index < -0.39 is 0 Å². The zero-order chi connectivity index (χ0) is 9.59. The molecule has 0 saturated heterocycles. The lowest BCUT2D eigenvalue weighted by Crippen LogP contribution is -2.21. The number of aromatic amines is 1. The van der Waals surface area contributed by atoms with Gasteiger partial charge in [0.05, 0.1) is 12.1 Å². The molecule has 1 aliphatic rings. The topological polar surface area (TPSA) is 66.9 Å². The van der Waals surface area contributed by atoms with Gasteiger partial charge in [-0.05, 0) is 12.2 Å². The van der Waals surface area contributed by atoms with E-state index in [0.29, 0.717) is 16.2 Å². The molecule has 0 aliphatic carbocycles. The molecule has 2 heterocycles. The Morgan fingerprint density at radius 2 is 2.15 bits per heavy atom. The predicted octanol–water partition coefficient (Wildman–Crippen LogP) is -0.0625. The molecule has 1 amide bonds. The van der Waals surface area contributed by atoms with Gasteiger partial charge < -0.3 is 10.3 Å². The summed E-state index contributed by atoms with van der Waals surface area (Å²) in [5, 5.41) is 2.48. The second-order valence-corrected chi connectivity index (χ2v) is 3.26. The summed E-state index contributed by atoms with van der Waals surface area (Å²) in [5.41, 5.74) is 0.642. The van der Waals surface area contributed by atoms with Gasteiger partial charge in [-0.25, -0.2) is 0 Å². The average molecular weight is 197 g/mol. The van der Waals surface area contributed by atoms with E-state index in [1.54, 1.807) is 7.05 Å². The van der Waals surface area contributed by atoms with Gasteiger partial charge >= 0.3 is 0 Å². The molecule has 0 saturated carbocycles. The number of aromatic nitrogens is 2. The lowest BCUT2D eigenvalue weighted by Gasteiger charge is -2.01. The van der Waals surface area contributed by atoms with E-state index >= 15 is 0 Å². The summed E-state index contributed by atoms with van der Waals surface area (Å²) in [6.45, 7) is 0. The van der Waals surface area contributed by atoms with Gasteiger partial charge in [0.2, 0.25) is 5.91 Å². The maximum Gasteiger partial charge on any atom is 0.278 e. The summed E-state index contributed by atoms with van der Waals surface area (Å²) >= 11 is 4.89. The zero-order valence-electron chi connectivity index (χ0n) is 6.88. The molecule has 1 aromatic heterocycles. The Morgan fingerprint density at radius 3 is 2.85 bits per heavy atom. The molecule has 13 heavy (non-hydrogen) atoms. The van der Waals surface area contributed by atoms with Crippen LogP contribution in [0.4, 0.5) is 5.69 Å². The molecule has 0 fully saturated rings. The molecule has 0 radical (unpaired) electrons. The van der Waals surface area contributed by atoms with E-state index in [4.69, 9.17) is 12.2 Å². The summed E-state index contributed by atoms with van der Waals surface area (Å²) in [5.74, 6) is -0.177. The largest absolute Gasteiger partial charge is 0.333 e. The van der Waals surface area contributed by atoms with Gasteiger partial charge in [-0.1, -0.05) is 0 Å². The lowest BCUT2D eigenvalue weighted by molar-refractivity contribution is -0.115. The fraction of sp³-hybridized carbons (Fsp3) is 0.286. The fourth-order valence-electron chi connectivity index (χ4n) is 1.27. The van der Waals surface area contributed by atoms with E-state index in [0.717, 1.165) is 0 Å². The minimum Gasteiger partial charge on any atom is -0.333 e. The van der Waals surface area contributed by atoms with Crippen molar-refractivity contribution >= 4 is 23.8 Å². The van der Waals surface area contributed by atoms with Crippen LogP contribution in [0.15, 0.2) is 4.79 Å². The van der Waals surface area contributed by atoms with E-state index in [1.165, 1.54) is 4.57 Å². The maximum atomic E-state index is 11.5. The second kappa shape index (κ2) is 2.53. The monoisotopic (exact) mass is 197 g/mol. The van der Waals surface area contributed by atoms with Crippen molar-refractivity contribution in [3.63, 3.8) is 0 Å². The van der Waals surface area contributed by atoms with E-state index in [9.17, 15) is 9.59 Å². The maximum absolute atomic E-state index is 11.5. The summed E-state index contributed by atoms with van der Waals surface area (Å²) in [6, 6.07) is 0. The highest BCUT2D eigenvalue weighted by molar-refractivity contribution is 7.71. The molecule has 68 valence electrons. The van der Waals surface area contributed by atoms with Crippen LogP contribution in [0.2, 0.25) is 0 Å². The molecular weight excluding hydrogens is 190 g/mol. The number of amides is 1. The smallest absolute Gasteiger partial charge is 0.278 e. The number of rotatable bonds is 0. The minimum atomic E-state index is -0.260. The first-order chi connectivity index (χ1) is 6.09. The number of nitrogens with zero attached hydrogens (tertiary/aromatic N) is 1. The van der Waals surface area contributed by atoms with Gasteiger partial charge in [0, 0.05) is 7.05 Å². The summed E-state index contributed by atoms with van der Waals surface area (Å²) in [4.78, 5) is 25.3. The van der Waals surface area contributed by atoms with Crippen molar-refractivity contribution < 1.29 is 4.79 Å². The number of fused-ring (bicyclic) bond motifs is 1. The molecule has 0 aromatic carbocycles.